The fraction of sp³-hybridized carbons (Fsp3) is 0.409. The van der Waals surface area contributed by atoms with E-state index < -0.39 is 12.2 Å². The molecule has 2 fully saturated rings. The quantitative estimate of drug-likeness (QED) is 0.144. The van der Waals surface area contributed by atoms with E-state index in [1.54, 1.807) is 0 Å². The summed E-state index contributed by atoms with van der Waals surface area (Å²) in [6.45, 7) is 0. The number of hydrogen-bond donors (Lipinski definition) is 2. The maximum absolute atomic E-state index is 12.5. The van der Waals surface area contributed by atoms with Crippen LogP contribution < -0.4 is 0 Å². The van der Waals surface area contributed by atoms with Crippen molar-refractivity contribution in [3.8, 4) is 0 Å². The molecule has 2 saturated heterocycles. The number of Topliss-reactive ketones (excluding diaryl/α,β-unsaturated/α-hetero) is 2. The van der Waals surface area contributed by atoms with Gasteiger partial charge in [0.15, 0.2) is 11.6 Å². The third-order valence-corrected chi connectivity index (χ3v) is 10.8. The molecule has 6 rings (SSSR count). The number of carbonyl (C=O) groups excluding carboxylic acids is 2. The Morgan fingerprint density at radius 2 is 0.824 bits per heavy atom. The zero-order chi connectivity index (χ0) is 35.3. The zero-order valence-corrected chi connectivity index (χ0v) is 31.2. The lowest BCUT2D eigenvalue weighted by Crippen LogP contribution is -2.45. The zero-order valence-electron chi connectivity index (χ0n) is 30.2. The second kappa shape index (κ2) is 20.4. The molecule has 51 heavy (non-hydrogen) atoms. The van der Waals surface area contributed by atoms with E-state index in [-0.39, 0.29) is 37.1 Å². The summed E-state index contributed by atoms with van der Waals surface area (Å²) < 4.78 is 0. The van der Waals surface area contributed by atoms with E-state index in [0.717, 1.165) is 73.6 Å². The van der Waals surface area contributed by atoms with E-state index in [4.69, 9.17) is 0 Å². The fourth-order valence-electron chi connectivity index (χ4n) is 7.70. The SMILES string of the molecule is CN1[C@@H](CC(=O)c2ccccc2)CCC[C@H]1C[C@H](O)c1ccccc1.CN1[C@@H](CC(=O)c2ccccc2)CCC[C@H]1C[C@H](O)c1ccccc1.S. The summed E-state index contributed by atoms with van der Waals surface area (Å²) >= 11 is 0. The highest BCUT2D eigenvalue weighted by atomic mass is 32.1. The van der Waals surface area contributed by atoms with Crippen molar-refractivity contribution >= 4 is 25.1 Å². The smallest absolute Gasteiger partial charge is 0.164 e. The van der Waals surface area contributed by atoms with Crippen LogP contribution in [0.3, 0.4) is 0 Å². The molecule has 7 heteroatoms. The molecule has 0 aromatic heterocycles. The first kappa shape index (κ1) is 40.2. The van der Waals surface area contributed by atoms with Crippen molar-refractivity contribution in [2.75, 3.05) is 14.1 Å². The van der Waals surface area contributed by atoms with Gasteiger partial charge >= 0.3 is 0 Å². The molecule has 4 aromatic carbocycles. The molecule has 0 saturated carbocycles. The highest BCUT2D eigenvalue weighted by molar-refractivity contribution is 7.59. The van der Waals surface area contributed by atoms with Crippen molar-refractivity contribution in [1.29, 1.82) is 0 Å². The van der Waals surface area contributed by atoms with Crippen LogP contribution in [0.4, 0.5) is 0 Å². The fourth-order valence-corrected chi connectivity index (χ4v) is 7.70. The lowest BCUT2D eigenvalue weighted by Gasteiger charge is -2.40. The van der Waals surface area contributed by atoms with E-state index in [1.165, 1.54) is 0 Å². The van der Waals surface area contributed by atoms with Crippen molar-refractivity contribution in [3.05, 3.63) is 144 Å². The van der Waals surface area contributed by atoms with E-state index in [2.05, 4.69) is 23.9 Å². The first-order valence-corrected chi connectivity index (χ1v) is 18.4. The third-order valence-electron chi connectivity index (χ3n) is 10.8. The van der Waals surface area contributed by atoms with Gasteiger partial charge in [-0.1, -0.05) is 134 Å². The summed E-state index contributed by atoms with van der Waals surface area (Å²) in [6, 6.07) is 39.9. The Balaban J connectivity index is 0.000000224. The molecule has 0 radical (unpaired) electrons. The minimum absolute atomic E-state index is 0. The van der Waals surface area contributed by atoms with Gasteiger partial charge in [0.05, 0.1) is 12.2 Å². The van der Waals surface area contributed by atoms with Gasteiger partial charge in [0.2, 0.25) is 0 Å². The van der Waals surface area contributed by atoms with Crippen LogP contribution >= 0.6 is 13.5 Å². The Morgan fingerprint density at radius 1 is 0.529 bits per heavy atom. The van der Waals surface area contributed by atoms with Crippen LogP contribution in [0.2, 0.25) is 0 Å². The summed E-state index contributed by atoms with van der Waals surface area (Å²) in [6.07, 6.45) is 8.14. The molecular formula is C44H56N2O4S. The molecule has 0 spiro atoms. The Bertz CT molecular complexity index is 1470. The minimum Gasteiger partial charge on any atom is -0.388 e. The molecule has 0 bridgehead atoms. The number of likely N-dealkylation sites (tertiary alicyclic amines) is 2. The standard InChI is InChI=1S/2C22H27NO2.H2S/c2*1-23-19(15-21(24)17-9-4-2-5-10-17)13-8-14-20(23)16-22(25)18-11-6-3-7-12-18;/h2*2-7,9-12,19-21,24H,8,13-16H2,1H3;1H2/t2*19-,20+,21-;/m00./s1. The average molecular weight is 709 g/mol. The normalized spacial score (nSPS) is 22.0. The van der Waals surface area contributed by atoms with E-state index in [0.29, 0.717) is 24.9 Å². The highest BCUT2D eigenvalue weighted by Crippen LogP contribution is 2.32. The predicted octanol–water partition coefficient (Wildman–Crippen LogP) is 8.58. The van der Waals surface area contributed by atoms with Gasteiger partial charge in [-0.2, -0.15) is 13.5 Å². The molecule has 2 N–H and O–H groups in total. The maximum atomic E-state index is 12.5. The van der Waals surface area contributed by atoms with E-state index in [9.17, 15) is 19.8 Å². The van der Waals surface area contributed by atoms with Gasteiger partial charge in [-0.05, 0) is 63.7 Å². The van der Waals surface area contributed by atoms with Gasteiger partial charge in [-0.15, -0.1) is 0 Å². The molecule has 6 nitrogen and oxygen atoms in total. The number of aliphatic hydroxyl groups is 2. The van der Waals surface area contributed by atoms with Crippen LogP contribution in [0.1, 0.15) is 108 Å². The van der Waals surface area contributed by atoms with Gasteiger partial charge in [-0.25, -0.2) is 0 Å². The number of ketones is 2. The Labute approximate surface area is 312 Å². The van der Waals surface area contributed by atoms with Gasteiger partial charge < -0.3 is 10.2 Å². The Morgan fingerprint density at radius 3 is 1.16 bits per heavy atom. The van der Waals surface area contributed by atoms with Crippen LogP contribution in [0.25, 0.3) is 0 Å². The summed E-state index contributed by atoms with van der Waals surface area (Å²) in [5.41, 5.74) is 3.53. The maximum Gasteiger partial charge on any atom is 0.164 e. The van der Waals surface area contributed by atoms with Gasteiger partial charge in [-0.3, -0.25) is 19.4 Å². The Kier molecular flexibility index (Phi) is 16.1. The van der Waals surface area contributed by atoms with Crippen LogP contribution in [0, 0.1) is 0 Å². The third kappa shape index (κ3) is 11.7. The number of carbonyl (C=O) groups is 2. The molecule has 0 amide bonds. The lowest BCUT2D eigenvalue weighted by molar-refractivity contribution is 0.0543. The molecule has 6 atom stereocenters. The van der Waals surface area contributed by atoms with Gasteiger partial charge in [0, 0.05) is 48.1 Å². The molecule has 2 heterocycles. The topological polar surface area (TPSA) is 81.1 Å². The van der Waals surface area contributed by atoms with Crippen molar-refractivity contribution < 1.29 is 19.8 Å². The lowest BCUT2D eigenvalue weighted by atomic mass is 9.88. The van der Waals surface area contributed by atoms with Crippen molar-refractivity contribution in [3.63, 3.8) is 0 Å². The van der Waals surface area contributed by atoms with Crippen LogP contribution in [0.5, 0.6) is 0 Å². The molecule has 2 aliphatic rings. The van der Waals surface area contributed by atoms with E-state index >= 15 is 0 Å². The molecular weight excluding hydrogens is 653 g/mol. The number of nitrogens with zero attached hydrogens (tertiary/aromatic N) is 2. The van der Waals surface area contributed by atoms with Crippen molar-refractivity contribution in [2.45, 2.75) is 101 Å². The predicted molar refractivity (Wildman–Crippen MR) is 212 cm³/mol. The van der Waals surface area contributed by atoms with Gasteiger partial charge in [0.1, 0.15) is 0 Å². The van der Waals surface area contributed by atoms with Crippen LogP contribution in [-0.2, 0) is 0 Å². The molecule has 0 aliphatic carbocycles. The average Bonchev–Trinajstić information content (AvgIpc) is 3.16. The summed E-state index contributed by atoms with van der Waals surface area (Å²) in [5, 5.41) is 21.1. The van der Waals surface area contributed by atoms with Crippen LogP contribution in [-0.4, -0.2) is 69.8 Å². The summed E-state index contributed by atoms with van der Waals surface area (Å²) in [4.78, 5) is 29.7. The molecule has 2 aliphatic heterocycles. The monoisotopic (exact) mass is 708 g/mol. The minimum atomic E-state index is -0.447. The van der Waals surface area contributed by atoms with Crippen LogP contribution in [0.15, 0.2) is 121 Å². The number of rotatable bonds is 12. The van der Waals surface area contributed by atoms with Crippen molar-refractivity contribution in [1.82, 2.24) is 9.80 Å². The Hall–Kier alpha value is -3.59. The largest absolute Gasteiger partial charge is 0.388 e. The molecule has 4 aromatic rings. The number of aliphatic hydroxyl groups excluding tert-OH is 2. The number of benzene rings is 4. The molecule has 0 unspecified atom stereocenters. The van der Waals surface area contributed by atoms with Crippen molar-refractivity contribution in [2.24, 2.45) is 0 Å². The first-order valence-electron chi connectivity index (χ1n) is 18.4. The summed E-state index contributed by atoms with van der Waals surface area (Å²) in [7, 11) is 4.20. The highest BCUT2D eigenvalue weighted by Gasteiger charge is 2.32. The van der Waals surface area contributed by atoms with Gasteiger partial charge in [0.25, 0.3) is 0 Å². The first-order chi connectivity index (χ1) is 24.3. The van der Waals surface area contributed by atoms with E-state index in [1.807, 2.05) is 121 Å². The summed E-state index contributed by atoms with van der Waals surface area (Å²) in [5.74, 6) is 0.420. The second-order valence-electron chi connectivity index (χ2n) is 14.1. The second-order valence-corrected chi connectivity index (χ2v) is 14.1. The number of hydrogen-bond acceptors (Lipinski definition) is 6. The number of piperidine rings is 2. The molecule has 272 valence electrons.